The summed E-state index contributed by atoms with van der Waals surface area (Å²) in [6.45, 7) is 0. The molecule has 0 saturated carbocycles. The molecule has 1 amide bonds. The van der Waals surface area contributed by atoms with E-state index >= 15 is 0 Å². The SMILES string of the molecule is O=C(O)CCC(=NNC(=O)c1ccc(-c2ccccc2)cc1)c1ccccc1. The summed E-state index contributed by atoms with van der Waals surface area (Å²) >= 11 is 0. The molecule has 0 aromatic heterocycles. The lowest BCUT2D eigenvalue weighted by atomic mass is 10.0. The summed E-state index contributed by atoms with van der Waals surface area (Å²) in [7, 11) is 0. The summed E-state index contributed by atoms with van der Waals surface area (Å²) in [5.74, 6) is -1.25. The number of carboxylic acids is 1. The third-order valence-electron chi connectivity index (χ3n) is 4.23. The number of nitrogens with one attached hydrogen (secondary N) is 1. The molecule has 0 fully saturated rings. The largest absolute Gasteiger partial charge is 0.481 e. The van der Waals surface area contributed by atoms with Crippen LogP contribution in [0.5, 0.6) is 0 Å². The van der Waals surface area contributed by atoms with Gasteiger partial charge in [-0.15, -0.1) is 0 Å². The summed E-state index contributed by atoms with van der Waals surface area (Å²) in [5, 5.41) is 13.1. The predicted molar refractivity (Wildman–Crippen MR) is 109 cm³/mol. The first kappa shape index (κ1) is 19.0. The van der Waals surface area contributed by atoms with E-state index in [4.69, 9.17) is 5.11 Å². The molecule has 0 aliphatic carbocycles. The maximum absolute atomic E-state index is 12.4. The maximum Gasteiger partial charge on any atom is 0.303 e. The minimum absolute atomic E-state index is 0.0601. The smallest absolute Gasteiger partial charge is 0.303 e. The molecule has 0 aliphatic rings. The molecule has 0 heterocycles. The highest BCUT2D eigenvalue weighted by Crippen LogP contribution is 2.19. The van der Waals surface area contributed by atoms with Crippen molar-refractivity contribution in [2.45, 2.75) is 12.8 Å². The van der Waals surface area contributed by atoms with Crippen LogP contribution in [-0.4, -0.2) is 22.7 Å². The zero-order valence-electron chi connectivity index (χ0n) is 15.2. The number of benzene rings is 3. The van der Waals surface area contributed by atoms with Crippen molar-refractivity contribution in [2.75, 3.05) is 0 Å². The number of carboxylic acid groups (broad SMARTS) is 1. The molecule has 0 saturated heterocycles. The lowest BCUT2D eigenvalue weighted by Gasteiger charge is -2.07. The van der Waals surface area contributed by atoms with Crippen molar-refractivity contribution in [1.29, 1.82) is 0 Å². The number of carbonyl (C=O) groups is 2. The van der Waals surface area contributed by atoms with Crippen LogP contribution in [0.15, 0.2) is 90.0 Å². The average Bonchev–Trinajstić information content (AvgIpc) is 2.75. The fourth-order valence-electron chi connectivity index (χ4n) is 2.75. The van der Waals surface area contributed by atoms with E-state index in [1.807, 2.05) is 72.8 Å². The van der Waals surface area contributed by atoms with Crippen molar-refractivity contribution in [1.82, 2.24) is 5.43 Å². The van der Waals surface area contributed by atoms with Crippen LogP contribution in [-0.2, 0) is 4.79 Å². The Bertz CT molecular complexity index is 966. The Morgan fingerprint density at radius 1 is 0.714 bits per heavy atom. The second kappa shape index (κ2) is 9.28. The van der Waals surface area contributed by atoms with E-state index in [0.717, 1.165) is 16.7 Å². The van der Waals surface area contributed by atoms with E-state index in [1.54, 1.807) is 12.1 Å². The number of aliphatic carboxylic acids is 1. The number of amides is 1. The van der Waals surface area contributed by atoms with Crippen molar-refractivity contribution < 1.29 is 14.7 Å². The summed E-state index contributed by atoms with van der Waals surface area (Å²) in [6, 6.07) is 26.4. The topological polar surface area (TPSA) is 78.8 Å². The number of rotatable bonds is 7. The lowest BCUT2D eigenvalue weighted by molar-refractivity contribution is -0.136. The Morgan fingerprint density at radius 3 is 1.89 bits per heavy atom. The minimum atomic E-state index is -0.911. The van der Waals surface area contributed by atoms with Gasteiger partial charge in [-0.25, -0.2) is 5.43 Å². The monoisotopic (exact) mass is 372 g/mol. The first-order valence-electron chi connectivity index (χ1n) is 8.93. The third-order valence-corrected chi connectivity index (χ3v) is 4.23. The second-order valence-electron chi connectivity index (χ2n) is 6.20. The lowest BCUT2D eigenvalue weighted by Crippen LogP contribution is -2.20. The highest BCUT2D eigenvalue weighted by molar-refractivity contribution is 6.03. The van der Waals surface area contributed by atoms with Crippen LogP contribution >= 0.6 is 0 Å². The summed E-state index contributed by atoms with van der Waals surface area (Å²) in [4.78, 5) is 23.3. The Kier molecular flexibility index (Phi) is 6.31. The van der Waals surface area contributed by atoms with Crippen LogP contribution in [0.2, 0.25) is 0 Å². The van der Waals surface area contributed by atoms with E-state index in [9.17, 15) is 9.59 Å². The number of hydrazone groups is 1. The van der Waals surface area contributed by atoms with E-state index < -0.39 is 5.97 Å². The molecule has 3 rings (SSSR count). The molecule has 0 atom stereocenters. The number of hydrogen-bond acceptors (Lipinski definition) is 3. The van der Waals surface area contributed by atoms with Gasteiger partial charge in [0.15, 0.2) is 0 Å². The van der Waals surface area contributed by atoms with Crippen LogP contribution in [0.3, 0.4) is 0 Å². The normalized spacial score (nSPS) is 11.1. The van der Waals surface area contributed by atoms with E-state index in [1.165, 1.54) is 0 Å². The minimum Gasteiger partial charge on any atom is -0.481 e. The molecule has 0 aliphatic heterocycles. The highest BCUT2D eigenvalue weighted by atomic mass is 16.4. The van der Waals surface area contributed by atoms with Crippen molar-refractivity contribution in [3.05, 3.63) is 96.1 Å². The van der Waals surface area contributed by atoms with Crippen molar-refractivity contribution in [2.24, 2.45) is 5.10 Å². The quantitative estimate of drug-likeness (QED) is 0.478. The molecule has 3 aromatic carbocycles. The van der Waals surface area contributed by atoms with Gasteiger partial charge in [-0.05, 0) is 28.8 Å². The van der Waals surface area contributed by atoms with E-state index in [-0.39, 0.29) is 18.7 Å². The number of carbonyl (C=O) groups excluding carboxylic acids is 1. The fourth-order valence-corrected chi connectivity index (χ4v) is 2.75. The van der Waals surface area contributed by atoms with Gasteiger partial charge in [0.05, 0.1) is 12.1 Å². The molecule has 5 nitrogen and oxygen atoms in total. The van der Waals surface area contributed by atoms with Crippen LogP contribution in [0.25, 0.3) is 11.1 Å². The Labute approximate surface area is 163 Å². The standard InChI is InChI=1S/C23H20N2O3/c26-22(27)16-15-21(19-9-5-2-6-10-19)24-25-23(28)20-13-11-18(12-14-20)17-7-3-1-4-8-17/h1-14H,15-16H2,(H,25,28)(H,26,27). The number of hydrogen-bond donors (Lipinski definition) is 2. The fraction of sp³-hybridized carbons (Fsp3) is 0.0870. The number of nitrogens with zero attached hydrogens (tertiary/aromatic N) is 1. The van der Waals surface area contributed by atoms with Gasteiger partial charge in [-0.3, -0.25) is 9.59 Å². The van der Waals surface area contributed by atoms with Gasteiger partial charge in [0.2, 0.25) is 0 Å². The van der Waals surface area contributed by atoms with Gasteiger partial charge in [0, 0.05) is 12.0 Å². The predicted octanol–water partition coefficient (Wildman–Crippen LogP) is 4.35. The van der Waals surface area contributed by atoms with Gasteiger partial charge in [-0.1, -0.05) is 72.8 Å². The third kappa shape index (κ3) is 5.14. The van der Waals surface area contributed by atoms with Crippen molar-refractivity contribution >= 4 is 17.6 Å². The Balaban J connectivity index is 1.73. The molecular weight excluding hydrogens is 352 g/mol. The van der Waals surface area contributed by atoms with Crippen LogP contribution in [0, 0.1) is 0 Å². The van der Waals surface area contributed by atoms with E-state index in [0.29, 0.717) is 11.3 Å². The summed E-state index contributed by atoms with van der Waals surface area (Å²) in [6.07, 6.45) is 0.169. The maximum atomic E-state index is 12.4. The van der Waals surface area contributed by atoms with Gasteiger partial charge in [0.25, 0.3) is 5.91 Å². The molecular formula is C23H20N2O3. The van der Waals surface area contributed by atoms with Crippen molar-refractivity contribution in [3.63, 3.8) is 0 Å². The zero-order valence-corrected chi connectivity index (χ0v) is 15.2. The van der Waals surface area contributed by atoms with Crippen molar-refractivity contribution in [3.8, 4) is 11.1 Å². The molecule has 0 spiro atoms. The van der Waals surface area contributed by atoms with Gasteiger partial charge < -0.3 is 5.11 Å². The molecule has 140 valence electrons. The molecule has 0 bridgehead atoms. The highest BCUT2D eigenvalue weighted by Gasteiger charge is 2.09. The molecule has 28 heavy (non-hydrogen) atoms. The van der Waals surface area contributed by atoms with Gasteiger partial charge >= 0.3 is 5.97 Å². The van der Waals surface area contributed by atoms with Gasteiger partial charge in [-0.2, -0.15) is 5.10 Å². The van der Waals surface area contributed by atoms with Crippen LogP contribution in [0.4, 0.5) is 0 Å². The molecule has 3 aromatic rings. The second-order valence-corrected chi connectivity index (χ2v) is 6.20. The molecule has 5 heteroatoms. The van der Waals surface area contributed by atoms with Crippen LogP contribution in [0.1, 0.15) is 28.8 Å². The molecule has 2 N–H and O–H groups in total. The van der Waals surface area contributed by atoms with Gasteiger partial charge in [0.1, 0.15) is 0 Å². The molecule has 0 radical (unpaired) electrons. The average molecular weight is 372 g/mol. The first-order chi connectivity index (χ1) is 13.6. The van der Waals surface area contributed by atoms with Crippen LogP contribution < -0.4 is 5.43 Å². The Morgan fingerprint density at radius 2 is 1.29 bits per heavy atom. The summed E-state index contributed by atoms with van der Waals surface area (Å²) in [5.41, 5.74) is 6.42. The van der Waals surface area contributed by atoms with E-state index in [2.05, 4.69) is 10.5 Å². The first-order valence-corrected chi connectivity index (χ1v) is 8.93. The Hall–Kier alpha value is -3.73. The molecule has 0 unspecified atom stereocenters. The summed E-state index contributed by atoms with van der Waals surface area (Å²) < 4.78 is 0. The zero-order chi connectivity index (χ0) is 19.8.